The molecular formula is C31H35ClN2O5S. The van der Waals surface area contributed by atoms with Crippen molar-refractivity contribution in [2.75, 3.05) is 26.9 Å². The van der Waals surface area contributed by atoms with Crippen molar-refractivity contribution in [3.05, 3.63) is 100 Å². The Kier molecular flexibility index (Phi) is 10.4. The van der Waals surface area contributed by atoms with Gasteiger partial charge in [0.1, 0.15) is 12.4 Å². The van der Waals surface area contributed by atoms with Crippen molar-refractivity contribution < 1.29 is 22.7 Å². The molecule has 0 spiro atoms. The minimum absolute atomic E-state index is 0.151. The summed E-state index contributed by atoms with van der Waals surface area (Å²) in [6, 6.07) is 20.1. The number of methoxy groups -OCH3 is 1. The van der Waals surface area contributed by atoms with E-state index in [-0.39, 0.29) is 23.4 Å². The van der Waals surface area contributed by atoms with Gasteiger partial charge in [-0.15, -0.1) is 0 Å². The molecule has 1 aliphatic carbocycles. The van der Waals surface area contributed by atoms with Gasteiger partial charge in [-0.3, -0.25) is 4.79 Å². The molecule has 3 aromatic carbocycles. The van der Waals surface area contributed by atoms with Crippen LogP contribution in [0.1, 0.15) is 35.6 Å². The first-order chi connectivity index (χ1) is 19.3. The Hall–Kier alpha value is -3.17. The molecule has 7 nitrogen and oxygen atoms in total. The highest BCUT2D eigenvalue weighted by molar-refractivity contribution is 7.89. The number of halogens is 1. The molecule has 1 amide bonds. The molecule has 1 aliphatic rings. The van der Waals surface area contributed by atoms with E-state index in [0.717, 1.165) is 22.3 Å². The lowest BCUT2D eigenvalue weighted by atomic mass is 10.1. The zero-order valence-electron chi connectivity index (χ0n) is 22.8. The number of rotatable bonds is 13. The van der Waals surface area contributed by atoms with Gasteiger partial charge in [-0.1, -0.05) is 54.9 Å². The first-order valence-corrected chi connectivity index (χ1v) is 15.2. The van der Waals surface area contributed by atoms with E-state index in [0.29, 0.717) is 49.8 Å². The largest absolute Gasteiger partial charge is 0.491 e. The SMILES string of the molecule is CCCNS(=O)(=O)c1ccc2c(c1)CC(N(Cc1cc(Cl)ccc1OCCOC)C(=O)/C=C/c1ccccc1)C2. The van der Waals surface area contributed by atoms with Gasteiger partial charge in [0.15, 0.2) is 0 Å². The van der Waals surface area contributed by atoms with Crippen LogP contribution in [0.5, 0.6) is 5.75 Å². The fourth-order valence-electron chi connectivity index (χ4n) is 4.72. The summed E-state index contributed by atoms with van der Waals surface area (Å²) in [5.41, 5.74) is 3.67. The van der Waals surface area contributed by atoms with Gasteiger partial charge in [-0.2, -0.15) is 0 Å². The molecule has 40 heavy (non-hydrogen) atoms. The Labute approximate surface area is 241 Å². The molecule has 1 atom stereocenters. The molecule has 0 aliphatic heterocycles. The van der Waals surface area contributed by atoms with Crippen LogP contribution < -0.4 is 9.46 Å². The summed E-state index contributed by atoms with van der Waals surface area (Å²) in [5.74, 6) is 0.485. The number of carbonyl (C=O) groups is 1. The molecule has 3 aromatic rings. The predicted octanol–water partition coefficient (Wildman–Crippen LogP) is 5.26. The average molecular weight is 583 g/mol. The number of carbonyl (C=O) groups excluding carboxylic acids is 1. The van der Waals surface area contributed by atoms with Crippen LogP contribution in [0.4, 0.5) is 0 Å². The molecule has 0 bridgehead atoms. The fourth-order valence-corrected chi connectivity index (χ4v) is 6.10. The molecule has 0 saturated carbocycles. The second-order valence-corrected chi connectivity index (χ2v) is 11.9. The summed E-state index contributed by atoms with van der Waals surface area (Å²) in [7, 11) is -1.98. The maximum Gasteiger partial charge on any atom is 0.247 e. The number of amides is 1. The second-order valence-electron chi connectivity index (χ2n) is 9.69. The Morgan fingerprint density at radius 1 is 1.05 bits per heavy atom. The van der Waals surface area contributed by atoms with E-state index in [4.69, 9.17) is 21.1 Å². The molecule has 4 rings (SSSR count). The quantitative estimate of drug-likeness (QED) is 0.219. The second kappa shape index (κ2) is 13.9. The van der Waals surface area contributed by atoms with Gasteiger partial charge in [0, 0.05) is 42.9 Å². The van der Waals surface area contributed by atoms with E-state index in [1.54, 1.807) is 43.5 Å². The molecule has 212 valence electrons. The van der Waals surface area contributed by atoms with E-state index in [9.17, 15) is 13.2 Å². The number of hydrogen-bond acceptors (Lipinski definition) is 5. The molecule has 1 N–H and O–H groups in total. The third-order valence-electron chi connectivity index (χ3n) is 6.79. The maximum atomic E-state index is 13.7. The molecule has 0 fully saturated rings. The lowest BCUT2D eigenvalue weighted by Gasteiger charge is -2.29. The molecule has 0 heterocycles. The fraction of sp³-hybridized carbons (Fsp3) is 0.323. The predicted molar refractivity (Wildman–Crippen MR) is 158 cm³/mol. The normalized spacial score (nSPS) is 14.8. The number of ether oxygens (including phenoxy) is 2. The maximum absolute atomic E-state index is 13.7. The summed E-state index contributed by atoms with van der Waals surface area (Å²) >= 11 is 6.35. The minimum Gasteiger partial charge on any atom is -0.491 e. The highest BCUT2D eigenvalue weighted by atomic mass is 35.5. The van der Waals surface area contributed by atoms with Crippen molar-refractivity contribution in [3.8, 4) is 5.75 Å². The Morgan fingerprint density at radius 3 is 2.58 bits per heavy atom. The van der Waals surface area contributed by atoms with Gasteiger partial charge in [-0.25, -0.2) is 13.1 Å². The average Bonchev–Trinajstić information content (AvgIpc) is 3.38. The van der Waals surface area contributed by atoms with E-state index < -0.39 is 10.0 Å². The number of nitrogens with one attached hydrogen (secondary N) is 1. The smallest absolute Gasteiger partial charge is 0.247 e. The van der Waals surface area contributed by atoms with E-state index in [2.05, 4.69) is 4.72 Å². The number of fused-ring (bicyclic) bond motifs is 1. The molecule has 1 unspecified atom stereocenters. The van der Waals surface area contributed by atoms with Crippen LogP contribution in [-0.2, 0) is 38.9 Å². The summed E-state index contributed by atoms with van der Waals surface area (Å²) in [5, 5.41) is 0.547. The Bertz CT molecular complexity index is 1440. The highest BCUT2D eigenvalue weighted by Crippen LogP contribution is 2.31. The number of nitrogens with zero attached hydrogens (tertiary/aromatic N) is 1. The Morgan fingerprint density at radius 2 is 1.82 bits per heavy atom. The van der Waals surface area contributed by atoms with Crippen molar-refractivity contribution in [3.63, 3.8) is 0 Å². The zero-order chi connectivity index (χ0) is 28.5. The summed E-state index contributed by atoms with van der Waals surface area (Å²) in [6.07, 6.45) is 5.25. The van der Waals surface area contributed by atoms with Gasteiger partial charge >= 0.3 is 0 Å². The lowest BCUT2D eigenvalue weighted by Crippen LogP contribution is -2.39. The minimum atomic E-state index is -3.59. The third-order valence-corrected chi connectivity index (χ3v) is 8.49. The molecule has 0 saturated heterocycles. The van der Waals surface area contributed by atoms with Crippen LogP contribution in [0, 0.1) is 0 Å². The van der Waals surface area contributed by atoms with Gasteiger partial charge in [0.2, 0.25) is 15.9 Å². The van der Waals surface area contributed by atoms with Gasteiger partial charge in [0.25, 0.3) is 0 Å². The molecule has 0 radical (unpaired) electrons. The van der Waals surface area contributed by atoms with Crippen LogP contribution in [0.2, 0.25) is 5.02 Å². The van der Waals surface area contributed by atoms with E-state index >= 15 is 0 Å². The summed E-state index contributed by atoms with van der Waals surface area (Å²) in [6.45, 7) is 3.38. The van der Waals surface area contributed by atoms with Crippen LogP contribution in [-0.4, -0.2) is 52.1 Å². The zero-order valence-corrected chi connectivity index (χ0v) is 24.4. The monoisotopic (exact) mass is 582 g/mol. The first-order valence-electron chi connectivity index (χ1n) is 13.4. The summed E-state index contributed by atoms with van der Waals surface area (Å²) < 4.78 is 39.2. The molecule has 0 aromatic heterocycles. The van der Waals surface area contributed by atoms with Crippen molar-refractivity contribution in [2.45, 2.75) is 43.7 Å². The summed E-state index contributed by atoms with van der Waals surface area (Å²) in [4.78, 5) is 15.8. The highest BCUT2D eigenvalue weighted by Gasteiger charge is 2.31. The van der Waals surface area contributed by atoms with Crippen molar-refractivity contribution in [1.82, 2.24) is 9.62 Å². The standard InChI is InChI=1S/C31H35ClN2O5S/c1-3-15-33-40(36,37)29-12-10-24-19-28(20-25(24)21-29)34(31(35)14-9-23-7-5-4-6-8-23)22-26-18-27(32)11-13-30(26)39-17-16-38-2/h4-14,18,21,28,33H,3,15-17,19-20,22H2,1-2H3/b14-9+. The first kappa shape index (κ1) is 29.8. The van der Waals surface area contributed by atoms with Crippen molar-refractivity contribution >= 4 is 33.6 Å². The van der Waals surface area contributed by atoms with Gasteiger partial charge in [-0.05, 0) is 72.4 Å². The van der Waals surface area contributed by atoms with Crippen molar-refractivity contribution in [1.29, 1.82) is 0 Å². The number of hydrogen-bond donors (Lipinski definition) is 1. The molecular weight excluding hydrogens is 548 g/mol. The Balaban J connectivity index is 1.62. The van der Waals surface area contributed by atoms with E-state index in [1.165, 1.54) is 0 Å². The third kappa shape index (κ3) is 7.73. The topological polar surface area (TPSA) is 84.9 Å². The van der Waals surface area contributed by atoms with Gasteiger partial charge < -0.3 is 14.4 Å². The van der Waals surface area contributed by atoms with Crippen LogP contribution in [0.3, 0.4) is 0 Å². The number of benzene rings is 3. The van der Waals surface area contributed by atoms with Crippen molar-refractivity contribution in [2.24, 2.45) is 0 Å². The lowest BCUT2D eigenvalue weighted by molar-refractivity contribution is -0.128. The number of sulfonamides is 1. The van der Waals surface area contributed by atoms with Crippen LogP contribution in [0.15, 0.2) is 77.7 Å². The van der Waals surface area contributed by atoms with E-state index in [1.807, 2.05) is 54.3 Å². The van der Waals surface area contributed by atoms with Crippen LogP contribution >= 0.6 is 11.6 Å². The van der Waals surface area contributed by atoms with Gasteiger partial charge in [0.05, 0.1) is 11.5 Å². The van der Waals surface area contributed by atoms with Crippen LogP contribution in [0.25, 0.3) is 6.08 Å². The molecule has 9 heteroatoms.